The molecule has 0 saturated carbocycles. The number of ether oxygens (including phenoxy) is 1. The number of aliphatic hydroxyl groups excluding tert-OH is 1. The van der Waals surface area contributed by atoms with E-state index in [1.165, 1.54) is 0 Å². The highest BCUT2D eigenvalue weighted by molar-refractivity contribution is 6.31. The zero-order chi connectivity index (χ0) is 13.1. The number of carbonyl (C=O) groups excluding carboxylic acids is 1. The van der Waals surface area contributed by atoms with Gasteiger partial charge in [0.25, 0.3) is 0 Å². The first-order chi connectivity index (χ1) is 7.79. The fourth-order valence-corrected chi connectivity index (χ4v) is 1.43. The van der Waals surface area contributed by atoms with Crippen molar-refractivity contribution in [3.05, 3.63) is 34.9 Å². The minimum atomic E-state index is -1.18. The molecule has 5 heteroatoms. The van der Waals surface area contributed by atoms with Crippen LogP contribution in [0, 0.1) is 0 Å². The van der Waals surface area contributed by atoms with Gasteiger partial charge in [-0.05, 0) is 26.8 Å². The first kappa shape index (κ1) is 13.8. The second kappa shape index (κ2) is 5.38. The predicted molar refractivity (Wildman–Crippen MR) is 65.8 cm³/mol. The van der Waals surface area contributed by atoms with Gasteiger partial charge in [0.1, 0.15) is 5.60 Å². The summed E-state index contributed by atoms with van der Waals surface area (Å²) in [7, 11) is 0. The van der Waals surface area contributed by atoms with Crippen LogP contribution in [0.25, 0.3) is 0 Å². The summed E-state index contributed by atoms with van der Waals surface area (Å²) >= 11 is 5.88. The molecular formula is C12H16ClNO3. The highest BCUT2D eigenvalue weighted by Crippen LogP contribution is 2.21. The Kier molecular flexibility index (Phi) is 4.37. The van der Waals surface area contributed by atoms with Gasteiger partial charge < -0.3 is 9.84 Å². The van der Waals surface area contributed by atoms with Crippen molar-refractivity contribution in [3.63, 3.8) is 0 Å². The van der Waals surface area contributed by atoms with Gasteiger partial charge in [-0.3, -0.25) is 5.32 Å². The van der Waals surface area contributed by atoms with E-state index in [9.17, 15) is 9.90 Å². The van der Waals surface area contributed by atoms with Gasteiger partial charge in [-0.15, -0.1) is 0 Å². The number of aliphatic hydroxyl groups is 1. The number of halogens is 1. The van der Waals surface area contributed by atoms with E-state index in [2.05, 4.69) is 5.32 Å². The lowest BCUT2D eigenvalue weighted by molar-refractivity contribution is 0.0356. The van der Waals surface area contributed by atoms with Crippen LogP contribution < -0.4 is 5.32 Å². The minimum absolute atomic E-state index is 0.385. The molecule has 94 valence electrons. The van der Waals surface area contributed by atoms with Gasteiger partial charge in [0.2, 0.25) is 0 Å². The Labute approximate surface area is 106 Å². The SMILES string of the molecule is CC(C)(C)OC(=O)NC(O)c1ccccc1Cl. The van der Waals surface area contributed by atoms with Crippen LogP contribution in [0.2, 0.25) is 5.02 Å². The zero-order valence-electron chi connectivity index (χ0n) is 10.0. The lowest BCUT2D eigenvalue weighted by Gasteiger charge is -2.21. The molecule has 0 aliphatic carbocycles. The molecule has 0 bridgehead atoms. The molecule has 1 aromatic carbocycles. The van der Waals surface area contributed by atoms with Gasteiger partial charge in [0, 0.05) is 10.6 Å². The van der Waals surface area contributed by atoms with Gasteiger partial charge in [0.15, 0.2) is 6.23 Å². The highest BCUT2D eigenvalue weighted by Gasteiger charge is 2.19. The van der Waals surface area contributed by atoms with Crippen LogP contribution in [-0.2, 0) is 4.74 Å². The van der Waals surface area contributed by atoms with E-state index >= 15 is 0 Å². The highest BCUT2D eigenvalue weighted by atomic mass is 35.5. The molecule has 0 aliphatic rings. The van der Waals surface area contributed by atoms with E-state index in [1.54, 1.807) is 45.0 Å². The lowest BCUT2D eigenvalue weighted by Crippen LogP contribution is -2.34. The second-order valence-corrected chi connectivity index (χ2v) is 4.98. The summed E-state index contributed by atoms with van der Waals surface area (Å²) < 4.78 is 5.02. The van der Waals surface area contributed by atoms with Crippen molar-refractivity contribution < 1.29 is 14.6 Å². The molecule has 0 aromatic heterocycles. The molecule has 0 spiro atoms. The van der Waals surface area contributed by atoms with E-state index in [0.717, 1.165) is 0 Å². The van der Waals surface area contributed by atoms with Crippen LogP contribution in [-0.4, -0.2) is 16.8 Å². The van der Waals surface area contributed by atoms with E-state index < -0.39 is 17.9 Å². The monoisotopic (exact) mass is 257 g/mol. The maximum atomic E-state index is 11.4. The van der Waals surface area contributed by atoms with Crippen molar-refractivity contribution in [1.82, 2.24) is 5.32 Å². The molecule has 0 aliphatic heterocycles. The van der Waals surface area contributed by atoms with Crippen LogP contribution in [0.3, 0.4) is 0 Å². The summed E-state index contributed by atoms with van der Waals surface area (Å²) in [6.07, 6.45) is -1.87. The third-order valence-corrected chi connectivity index (χ3v) is 2.20. The van der Waals surface area contributed by atoms with Gasteiger partial charge in [-0.25, -0.2) is 4.79 Å². The molecule has 0 heterocycles. The lowest BCUT2D eigenvalue weighted by atomic mass is 10.2. The second-order valence-electron chi connectivity index (χ2n) is 4.57. The molecule has 1 unspecified atom stereocenters. The largest absolute Gasteiger partial charge is 0.444 e. The molecule has 1 rings (SSSR count). The normalized spacial score (nSPS) is 13.0. The third kappa shape index (κ3) is 4.63. The number of hydrogen-bond acceptors (Lipinski definition) is 3. The average Bonchev–Trinajstić information content (AvgIpc) is 2.14. The van der Waals surface area contributed by atoms with Crippen LogP contribution >= 0.6 is 11.6 Å². The summed E-state index contributed by atoms with van der Waals surface area (Å²) in [5.74, 6) is 0. The number of alkyl carbamates (subject to hydrolysis) is 1. The van der Waals surface area contributed by atoms with E-state index in [0.29, 0.717) is 10.6 Å². The van der Waals surface area contributed by atoms with Crippen molar-refractivity contribution in [2.75, 3.05) is 0 Å². The Hall–Kier alpha value is -1.26. The number of carbonyl (C=O) groups is 1. The fraction of sp³-hybridized carbons (Fsp3) is 0.417. The number of benzene rings is 1. The molecular weight excluding hydrogens is 242 g/mol. The van der Waals surface area contributed by atoms with Gasteiger partial charge >= 0.3 is 6.09 Å². The Balaban J connectivity index is 2.64. The Morgan fingerprint density at radius 1 is 1.41 bits per heavy atom. The van der Waals surface area contributed by atoms with Crippen LogP contribution in [0.4, 0.5) is 4.79 Å². The maximum Gasteiger partial charge on any atom is 0.409 e. The molecule has 1 aromatic rings. The summed E-state index contributed by atoms with van der Waals surface area (Å²) in [4.78, 5) is 11.4. The number of amides is 1. The Bertz CT molecular complexity index is 401. The number of nitrogens with one attached hydrogen (secondary N) is 1. The summed E-state index contributed by atoms with van der Waals surface area (Å²) in [6, 6.07) is 6.73. The molecule has 1 amide bonds. The van der Waals surface area contributed by atoms with Crippen molar-refractivity contribution in [3.8, 4) is 0 Å². The summed E-state index contributed by atoms with van der Waals surface area (Å²) in [5.41, 5.74) is -0.176. The number of hydrogen-bond donors (Lipinski definition) is 2. The zero-order valence-corrected chi connectivity index (χ0v) is 10.8. The van der Waals surface area contributed by atoms with Crippen molar-refractivity contribution >= 4 is 17.7 Å². The number of rotatable bonds is 2. The summed E-state index contributed by atoms with van der Waals surface area (Å²) in [6.45, 7) is 5.23. The third-order valence-electron chi connectivity index (χ3n) is 1.85. The minimum Gasteiger partial charge on any atom is -0.444 e. The van der Waals surface area contributed by atoms with E-state index in [-0.39, 0.29) is 0 Å². The maximum absolute atomic E-state index is 11.4. The first-order valence-corrected chi connectivity index (χ1v) is 5.59. The van der Waals surface area contributed by atoms with Gasteiger partial charge in [-0.2, -0.15) is 0 Å². The topological polar surface area (TPSA) is 58.6 Å². The van der Waals surface area contributed by atoms with Crippen LogP contribution in [0.1, 0.15) is 32.6 Å². The summed E-state index contributed by atoms with van der Waals surface area (Å²) in [5, 5.41) is 12.5. The quantitative estimate of drug-likeness (QED) is 0.801. The molecule has 17 heavy (non-hydrogen) atoms. The standard InChI is InChI=1S/C12H16ClNO3/c1-12(2,3)17-11(16)14-10(15)8-6-4-5-7-9(8)13/h4-7,10,15H,1-3H3,(H,14,16). The molecule has 0 saturated heterocycles. The van der Waals surface area contributed by atoms with E-state index in [1.807, 2.05) is 0 Å². The molecule has 2 N–H and O–H groups in total. The molecule has 0 fully saturated rings. The predicted octanol–water partition coefficient (Wildman–Crippen LogP) is 2.86. The Morgan fingerprint density at radius 3 is 2.53 bits per heavy atom. The molecule has 1 atom stereocenters. The smallest absolute Gasteiger partial charge is 0.409 e. The van der Waals surface area contributed by atoms with Gasteiger partial charge in [-0.1, -0.05) is 29.8 Å². The van der Waals surface area contributed by atoms with E-state index in [4.69, 9.17) is 16.3 Å². The fourth-order valence-electron chi connectivity index (χ4n) is 1.19. The molecule has 4 nitrogen and oxygen atoms in total. The van der Waals surface area contributed by atoms with Crippen molar-refractivity contribution in [1.29, 1.82) is 0 Å². The van der Waals surface area contributed by atoms with Gasteiger partial charge in [0.05, 0.1) is 0 Å². The van der Waals surface area contributed by atoms with Crippen LogP contribution in [0.15, 0.2) is 24.3 Å². The Morgan fingerprint density at radius 2 is 2.00 bits per heavy atom. The van der Waals surface area contributed by atoms with Crippen molar-refractivity contribution in [2.45, 2.75) is 32.6 Å². The molecule has 0 radical (unpaired) electrons. The first-order valence-electron chi connectivity index (χ1n) is 5.21. The average molecular weight is 258 g/mol. The van der Waals surface area contributed by atoms with Crippen molar-refractivity contribution in [2.24, 2.45) is 0 Å². The van der Waals surface area contributed by atoms with Crippen LogP contribution in [0.5, 0.6) is 0 Å².